The summed E-state index contributed by atoms with van der Waals surface area (Å²) in [5, 5.41) is 10.9. The van der Waals surface area contributed by atoms with Gasteiger partial charge >= 0.3 is 6.18 Å². The molecular formula is C10H10F5NO. The minimum absolute atomic E-state index is 0.0929. The third-order valence-corrected chi connectivity index (χ3v) is 2.03. The largest absolute Gasteiger partial charge is 0.415 e. The number of benzene rings is 1. The molecule has 0 bridgehead atoms. The van der Waals surface area contributed by atoms with Gasteiger partial charge in [-0.05, 0) is 17.7 Å². The number of halogens is 5. The van der Waals surface area contributed by atoms with Crippen LogP contribution in [-0.4, -0.2) is 23.9 Å². The van der Waals surface area contributed by atoms with Crippen molar-refractivity contribution in [2.45, 2.75) is 18.8 Å². The fourth-order valence-electron chi connectivity index (χ4n) is 1.12. The van der Waals surface area contributed by atoms with Gasteiger partial charge in [0.2, 0.25) is 0 Å². The molecule has 2 N–H and O–H groups in total. The smallest absolute Gasteiger partial charge is 0.382 e. The fraction of sp³-hybridized carbons (Fsp3) is 0.400. The SMILES string of the molecule is OC(CNCc1ccc(F)c(F)c1)C(F)(F)F. The minimum Gasteiger partial charge on any atom is -0.382 e. The van der Waals surface area contributed by atoms with Crippen LogP contribution in [0.4, 0.5) is 22.0 Å². The van der Waals surface area contributed by atoms with E-state index in [0.29, 0.717) is 5.56 Å². The van der Waals surface area contributed by atoms with Gasteiger partial charge in [0.1, 0.15) is 0 Å². The van der Waals surface area contributed by atoms with Crippen molar-refractivity contribution >= 4 is 0 Å². The molecule has 0 heterocycles. The Kier molecular flexibility index (Phi) is 4.41. The molecule has 1 aromatic carbocycles. The number of nitrogens with one attached hydrogen (secondary N) is 1. The Hall–Kier alpha value is -1.21. The fourth-order valence-corrected chi connectivity index (χ4v) is 1.12. The molecule has 0 aliphatic heterocycles. The third kappa shape index (κ3) is 4.27. The van der Waals surface area contributed by atoms with Gasteiger partial charge in [-0.25, -0.2) is 8.78 Å². The number of aliphatic hydroxyl groups is 1. The summed E-state index contributed by atoms with van der Waals surface area (Å²) in [6.45, 7) is -0.799. The van der Waals surface area contributed by atoms with E-state index in [9.17, 15) is 22.0 Å². The van der Waals surface area contributed by atoms with Crippen LogP contribution in [0.3, 0.4) is 0 Å². The second-order valence-corrected chi connectivity index (χ2v) is 3.44. The topological polar surface area (TPSA) is 32.3 Å². The molecule has 0 radical (unpaired) electrons. The summed E-state index contributed by atoms with van der Waals surface area (Å²) in [5.41, 5.74) is 0.290. The van der Waals surface area contributed by atoms with Crippen molar-refractivity contribution in [2.75, 3.05) is 6.54 Å². The average Bonchev–Trinajstić information content (AvgIpc) is 2.22. The molecule has 96 valence electrons. The van der Waals surface area contributed by atoms with Gasteiger partial charge in [0.25, 0.3) is 0 Å². The van der Waals surface area contributed by atoms with E-state index in [-0.39, 0.29) is 6.54 Å². The first-order chi connectivity index (χ1) is 7.80. The molecule has 0 aliphatic rings. The van der Waals surface area contributed by atoms with Crippen LogP contribution in [0.5, 0.6) is 0 Å². The van der Waals surface area contributed by atoms with Gasteiger partial charge in [-0.2, -0.15) is 13.2 Å². The molecule has 1 rings (SSSR count). The molecule has 0 saturated heterocycles. The van der Waals surface area contributed by atoms with Crippen molar-refractivity contribution in [1.29, 1.82) is 0 Å². The van der Waals surface area contributed by atoms with Crippen molar-refractivity contribution in [3.63, 3.8) is 0 Å². The van der Waals surface area contributed by atoms with Crippen LogP contribution in [0.2, 0.25) is 0 Å². The predicted octanol–water partition coefficient (Wildman–Crippen LogP) is 1.98. The highest BCUT2D eigenvalue weighted by atomic mass is 19.4. The van der Waals surface area contributed by atoms with Crippen LogP contribution in [0, 0.1) is 11.6 Å². The Labute approximate surface area is 94.1 Å². The van der Waals surface area contributed by atoms with E-state index in [1.54, 1.807) is 0 Å². The van der Waals surface area contributed by atoms with Crippen LogP contribution in [-0.2, 0) is 6.54 Å². The number of hydrogen-bond donors (Lipinski definition) is 2. The summed E-state index contributed by atoms with van der Waals surface area (Å²) in [4.78, 5) is 0. The summed E-state index contributed by atoms with van der Waals surface area (Å²) in [7, 11) is 0. The molecule has 1 atom stereocenters. The summed E-state index contributed by atoms with van der Waals surface area (Å²) in [6.07, 6.45) is -7.17. The van der Waals surface area contributed by atoms with Gasteiger partial charge < -0.3 is 10.4 Å². The van der Waals surface area contributed by atoms with Crippen molar-refractivity contribution < 1.29 is 27.1 Å². The summed E-state index contributed by atoms with van der Waals surface area (Å²) < 4.78 is 60.9. The molecule has 1 unspecified atom stereocenters. The number of alkyl halides is 3. The van der Waals surface area contributed by atoms with Gasteiger partial charge in [0.05, 0.1) is 0 Å². The predicted molar refractivity (Wildman–Crippen MR) is 50.1 cm³/mol. The first kappa shape index (κ1) is 13.9. The maximum absolute atomic E-state index is 12.7. The molecule has 0 amide bonds. The molecule has 0 aromatic heterocycles. The Balaban J connectivity index is 2.44. The standard InChI is InChI=1S/C10H10F5NO/c11-7-2-1-6(3-8(7)12)4-16-5-9(17)10(13,14)15/h1-3,9,16-17H,4-5H2. The molecule has 7 heteroatoms. The maximum Gasteiger partial charge on any atom is 0.415 e. The highest BCUT2D eigenvalue weighted by Gasteiger charge is 2.37. The molecule has 1 aromatic rings. The second-order valence-electron chi connectivity index (χ2n) is 3.44. The molecule has 0 spiro atoms. The van der Waals surface area contributed by atoms with Gasteiger partial charge in [-0.3, -0.25) is 0 Å². The minimum atomic E-state index is -4.69. The van der Waals surface area contributed by atoms with E-state index < -0.39 is 30.5 Å². The molecule has 0 fully saturated rings. The lowest BCUT2D eigenvalue weighted by molar-refractivity contribution is -0.201. The van der Waals surface area contributed by atoms with E-state index >= 15 is 0 Å². The Morgan fingerprint density at radius 3 is 2.35 bits per heavy atom. The summed E-state index contributed by atoms with van der Waals surface area (Å²) in [6, 6.07) is 3.00. The van der Waals surface area contributed by atoms with Crippen molar-refractivity contribution in [2.24, 2.45) is 0 Å². The Morgan fingerprint density at radius 1 is 1.18 bits per heavy atom. The van der Waals surface area contributed by atoms with Crippen LogP contribution in [0.15, 0.2) is 18.2 Å². The van der Waals surface area contributed by atoms with Crippen LogP contribution in [0.25, 0.3) is 0 Å². The van der Waals surface area contributed by atoms with Crippen LogP contribution >= 0.6 is 0 Å². The maximum atomic E-state index is 12.7. The molecular weight excluding hydrogens is 245 g/mol. The highest BCUT2D eigenvalue weighted by Crippen LogP contribution is 2.19. The molecule has 2 nitrogen and oxygen atoms in total. The number of hydrogen-bond acceptors (Lipinski definition) is 2. The quantitative estimate of drug-likeness (QED) is 0.806. The van der Waals surface area contributed by atoms with Gasteiger partial charge in [-0.15, -0.1) is 0 Å². The lowest BCUT2D eigenvalue weighted by Crippen LogP contribution is -2.38. The lowest BCUT2D eigenvalue weighted by Gasteiger charge is -2.15. The number of aliphatic hydroxyl groups excluding tert-OH is 1. The van der Waals surface area contributed by atoms with Crippen LogP contribution in [0.1, 0.15) is 5.56 Å². The summed E-state index contributed by atoms with van der Waals surface area (Å²) >= 11 is 0. The normalized spacial score (nSPS) is 13.8. The Morgan fingerprint density at radius 2 is 1.82 bits per heavy atom. The van der Waals surface area contributed by atoms with E-state index in [1.165, 1.54) is 6.07 Å². The van der Waals surface area contributed by atoms with Gasteiger partial charge in [-0.1, -0.05) is 6.07 Å². The van der Waals surface area contributed by atoms with Crippen molar-refractivity contribution in [1.82, 2.24) is 5.32 Å². The molecule has 0 saturated carbocycles. The number of rotatable bonds is 4. The van der Waals surface area contributed by atoms with Crippen LogP contribution < -0.4 is 5.32 Å². The third-order valence-electron chi connectivity index (χ3n) is 2.03. The monoisotopic (exact) mass is 255 g/mol. The first-order valence-corrected chi connectivity index (χ1v) is 4.70. The van der Waals surface area contributed by atoms with E-state index in [0.717, 1.165) is 12.1 Å². The van der Waals surface area contributed by atoms with Gasteiger partial charge in [0.15, 0.2) is 17.7 Å². The second kappa shape index (κ2) is 5.42. The first-order valence-electron chi connectivity index (χ1n) is 4.70. The van der Waals surface area contributed by atoms with E-state index in [1.807, 2.05) is 0 Å². The summed E-state index contributed by atoms with van der Waals surface area (Å²) in [5.74, 6) is -2.09. The van der Waals surface area contributed by atoms with Crippen molar-refractivity contribution in [3.05, 3.63) is 35.4 Å². The van der Waals surface area contributed by atoms with E-state index in [2.05, 4.69) is 5.32 Å². The molecule has 17 heavy (non-hydrogen) atoms. The lowest BCUT2D eigenvalue weighted by atomic mass is 10.2. The highest BCUT2D eigenvalue weighted by molar-refractivity contribution is 5.17. The zero-order valence-corrected chi connectivity index (χ0v) is 8.56. The van der Waals surface area contributed by atoms with Gasteiger partial charge in [0, 0.05) is 13.1 Å². The zero-order valence-electron chi connectivity index (χ0n) is 8.56. The Bertz CT molecular complexity index is 379. The zero-order chi connectivity index (χ0) is 13.1. The van der Waals surface area contributed by atoms with Crippen molar-refractivity contribution in [3.8, 4) is 0 Å². The van der Waals surface area contributed by atoms with E-state index in [4.69, 9.17) is 5.11 Å². The average molecular weight is 255 g/mol. The molecule has 0 aliphatic carbocycles.